The third-order valence-electron chi connectivity index (χ3n) is 1.39. The average Bonchev–Trinajstić information content (AvgIpc) is 2.06. The summed E-state index contributed by atoms with van der Waals surface area (Å²) in [6, 6.07) is 3.25. The van der Waals surface area contributed by atoms with Crippen LogP contribution in [0.1, 0.15) is 17.3 Å². The van der Waals surface area contributed by atoms with Gasteiger partial charge in [-0.1, -0.05) is 0 Å². The van der Waals surface area contributed by atoms with E-state index in [4.69, 9.17) is 5.73 Å². The third kappa shape index (κ3) is 1.95. The van der Waals surface area contributed by atoms with Crippen molar-refractivity contribution in [3.63, 3.8) is 0 Å². The zero-order chi connectivity index (χ0) is 8.97. The maximum absolute atomic E-state index is 11.2. The standard InChI is InChI=1S/C8H11N3O/c1-2-10-8(12)6-3-4-7(9)11-5-6/h3-5H,2H2,1H3,(H2,9,11)(H,10,12). The Kier molecular flexibility index (Phi) is 2.63. The minimum absolute atomic E-state index is 0.120. The lowest BCUT2D eigenvalue weighted by Crippen LogP contribution is -2.22. The van der Waals surface area contributed by atoms with Crippen LogP contribution in [-0.2, 0) is 0 Å². The molecule has 0 aliphatic heterocycles. The fraction of sp³-hybridized carbons (Fsp3) is 0.250. The first-order chi connectivity index (χ1) is 5.74. The Labute approximate surface area is 70.8 Å². The molecule has 1 heterocycles. The number of nitrogens with one attached hydrogen (secondary N) is 1. The Bertz CT molecular complexity index is 268. The van der Waals surface area contributed by atoms with Crippen LogP contribution in [0.3, 0.4) is 0 Å². The third-order valence-corrected chi connectivity index (χ3v) is 1.39. The fourth-order valence-corrected chi connectivity index (χ4v) is 0.802. The zero-order valence-electron chi connectivity index (χ0n) is 6.87. The lowest BCUT2D eigenvalue weighted by Gasteiger charge is -2.00. The van der Waals surface area contributed by atoms with Gasteiger partial charge in [-0.15, -0.1) is 0 Å². The summed E-state index contributed by atoms with van der Waals surface area (Å²) in [6.45, 7) is 2.48. The topological polar surface area (TPSA) is 68.0 Å². The quantitative estimate of drug-likeness (QED) is 0.667. The Morgan fingerprint density at radius 2 is 2.42 bits per heavy atom. The van der Waals surface area contributed by atoms with Crippen LogP contribution >= 0.6 is 0 Å². The summed E-state index contributed by atoms with van der Waals surface area (Å²) in [5.41, 5.74) is 5.89. The number of carbonyl (C=O) groups excluding carboxylic acids is 1. The predicted molar refractivity (Wildman–Crippen MR) is 46.7 cm³/mol. The minimum Gasteiger partial charge on any atom is -0.384 e. The summed E-state index contributed by atoms with van der Waals surface area (Å²) in [5, 5.41) is 2.66. The van der Waals surface area contributed by atoms with Crippen molar-refractivity contribution >= 4 is 11.7 Å². The molecule has 1 aromatic heterocycles. The molecule has 4 nitrogen and oxygen atoms in total. The number of rotatable bonds is 2. The molecule has 0 atom stereocenters. The van der Waals surface area contributed by atoms with Gasteiger partial charge in [0, 0.05) is 12.7 Å². The predicted octanol–water partition coefficient (Wildman–Crippen LogP) is 0.413. The van der Waals surface area contributed by atoms with Gasteiger partial charge in [-0.05, 0) is 19.1 Å². The van der Waals surface area contributed by atoms with E-state index in [1.165, 1.54) is 6.20 Å². The van der Waals surface area contributed by atoms with Crippen molar-refractivity contribution in [1.29, 1.82) is 0 Å². The smallest absolute Gasteiger partial charge is 0.252 e. The highest BCUT2D eigenvalue weighted by Crippen LogP contribution is 2.00. The number of pyridine rings is 1. The molecule has 0 spiro atoms. The van der Waals surface area contributed by atoms with Crippen LogP contribution in [0.15, 0.2) is 18.3 Å². The minimum atomic E-state index is -0.120. The molecule has 0 saturated carbocycles. The number of carbonyl (C=O) groups is 1. The summed E-state index contributed by atoms with van der Waals surface area (Å²) in [4.78, 5) is 15.0. The van der Waals surface area contributed by atoms with Gasteiger partial charge in [0.1, 0.15) is 5.82 Å². The molecule has 1 amide bonds. The van der Waals surface area contributed by atoms with Gasteiger partial charge in [-0.25, -0.2) is 4.98 Å². The molecule has 3 N–H and O–H groups in total. The number of nitrogen functional groups attached to an aromatic ring is 1. The van der Waals surface area contributed by atoms with Crippen LogP contribution < -0.4 is 11.1 Å². The number of aromatic nitrogens is 1. The highest BCUT2D eigenvalue weighted by atomic mass is 16.1. The molecule has 1 rings (SSSR count). The van der Waals surface area contributed by atoms with Gasteiger partial charge in [0.05, 0.1) is 5.56 Å². The molecule has 0 saturated heterocycles. The van der Waals surface area contributed by atoms with E-state index in [1.54, 1.807) is 12.1 Å². The fourth-order valence-electron chi connectivity index (χ4n) is 0.802. The molecule has 0 bridgehead atoms. The van der Waals surface area contributed by atoms with Crippen molar-refractivity contribution in [1.82, 2.24) is 10.3 Å². The molecule has 0 radical (unpaired) electrons. The monoisotopic (exact) mass is 165 g/mol. The van der Waals surface area contributed by atoms with Crippen molar-refractivity contribution in [2.45, 2.75) is 6.92 Å². The maximum atomic E-state index is 11.2. The number of nitrogens with zero attached hydrogens (tertiary/aromatic N) is 1. The van der Waals surface area contributed by atoms with Gasteiger partial charge in [0.2, 0.25) is 0 Å². The highest BCUT2D eigenvalue weighted by Gasteiger charge is 2.02. The largest absolute Gasteiger partial charge is 0.384 e. The van der Waals surface area contributed by atoms with E-state index in [-0.39, 0.29) is 5.91 Å². The molecular weight excluding hydrogens is 154 g/mol. The number of anilines is 1. The van der Waals surface area contributed by atoms with E-state index < -0.39 is 0 Å². The van der Waals surface area contributed by atoms with E-state index >= 15 is 0 Å². The normalized spacial score (nSPS) is 9.42. The first-order valence-electron chi connectivity index (χ1n) is 3.73. The Hall–Kier alpha value is -1.58. The van der Waals surface area contributed by atoms with Gasteiger partial charge in [0.15, 0.2) is 0 Å². The Balaban J connectivity index is 2.75. The summed E-state index contributed by atoms with van der Waals surface area (Å²) in [5.74, 6) is 0.299. The second-order valence-corrected chi connectivity index (χ2v) is 2.33. The lowest BCUT2D eigenvalue weighted by molar-refractivity contribution is 0.0955. The van der Waals surface area contributed by atoms with Gasteiger partial charge in [-0.2, -0.15) is 0 Å². The van der Waals surface area contributed by atoms with Gasteiger partial charge < -0.3 is 11.1 Å². The number of hydrogen-bond acceptors (Lipinski definition) is 3. The van der Waals surface area contributed by atoms with Gasteiger partial charge in [0.25, 0.3) is 5.91 Å². The SMILES string of the molecule is CCNC(=O)c1ccc(N)nc1. The average molecular weight is 165 g/mol. The maximum Gasteiger partial charge on any atom is 0.252 e. The lowest BCUT2D eigenvalue weighted by atomic mass is 10.2. The van der Waals surface area contributed by atoms with E-state index in [0.29, 0.717) is 17.9 Å². The van der Waals surface area contributed by atoms with Crippen LogP contribution in [0, 0.1) is 0 Å². The van der Waals surface area contributed by atoms with Crippen LogP contribution in [0.4, 0.5) is 5.82 Å². The molecule has 0 fully saturated rings. The number of hydrogen-bond donors (Lipinski definition) is 2. The molecule has 0 aliphatic rings. The van der Waals surface area contributed by atoms with E-state index in [0.717, 1.165) is 0 Å². The first kappa shape index (κ1) is 8.52. The molecule has 12 heavy (non-hydrogen) atoms. The van der Waals surface area contributed by atoms with E-state index in [2.05, 4.69) is 10.3 Å². The molecule has 0 unspecified atom stereocenters. The van der Waals surface area contributed by atoms with Crippen LogP contribution in [0.25, 0.3) is 0 Å². The van der Waals surface area contributed by atoms with Crippen molar-refractivity contribution in [2.75, 3.05) is 12.3 Å². The van der Waals surface area contributed by atoms with Crippen LogP contribution in [0.2, 0.25) is 0 Å². The summed E-state index contributed by atoms with van der Waals surface area (Å²) >= 11 is 0. The molecule has 0 aliphatic carbocycles. The molecule has 0 aromatic carbocycles. The Morgan fingerprint density at radius 1 is 1.67 bits per heavy atom. The Morgan fingerprint density at radius 3 is 2.92 bits per heavy atom. The number of nitrogens with two attached hydrogens (primary N) is 1. The van der Waals surface area contributed by atoms with Crippen molar-refractivity contribution in [2.24, 2.45) is 0 Å². The van der Waals surface area contributed by atoms with Gasteiger partial charge in [-0.3, -0.25) is 4.79 Å². The van der Waals surface area contributed by atoms with Crippen molar-refractivity contribution in [3.8, 4) is 0 Å². The van der Waals surface area contributed by atoms with Gasteiger partial charge >= 0.3 is 0 Å². The molecular formula is C8H11N3O. The molecule has 4 heteroatoms. The summed E-state index contributed by atoms with van der Waals surface area (Å²) in [6.07, 6.45) is 1.46. The van der Waals surface area contributed by atoms with E-state index in [9.17, 15) is 4.79 Å². The van der Waals surface area contributed by atoms with Crippen molar-refractivity contribution < 1.29 is 4.79 Å². The summed E-state index contributed by atoms with van der Waals surface area (Å²) < 4.78 is 0. The molecule has 64 valence electrons. The van der Waals surface area contributed by atoms with Crippen molar-refractivity contribution in [3.05, 3.63) is 23.9 Å². The van der Waals surface area contributed by atoms with Crippen LogP contribution in [0.5, 0.6) is 0 Å². The second kappa shape index (κ2) is 3.71. The number of amides is 1. The summed E-state index contributed by atoms with van der Waals surface area (Å²) in [7, 11) is 0. The second-order valence-electron chi connectivity index (χ2n) is 2.33. The van der Waals surface area contributed by atoms with E-state index in [1.807, 2.05) is 6.92 Å². The highest BCUT2D eigenvalue weighted by molar-refractivity contribution is 5.93. The first-order valence-corrected chi connectivity index (χ1v) is 3.73. The molecule has 1 aromatic rings. The van der Waals surface area contributed by atoms with Crippen LogP contribution in [-0.4, -0.2) is 17.4 Å². The zero-order valence-corrected chi connectivity index (χ0v) is 6.87.